The molecule has 1 heterocycles. The van der Waals surface area contributed by atoms with Crippen molar-refractivity contribution in [2.24, 2.45) is 10.9 Å². The first-order chi connectivity index (χ1) is 13.4. The number of rotatable bonds is 5. The lowest BCUT2D eigenvalue weighted by Crippen LogP contribution is -2.52. The molecule has 1 aromatic rings. The van der Waals surface area contributed by atoms with Crippen molar-refractivity contribution in [3.8, 4) is 5.75 Å². The lowest BCUT2D eigenvalue weighted by Gasteiger charge is -2.37. The highest BCUT2D eigenvalue weighted by Gasteiger charge is 2.31. The summed E-state index contributed by atoms with van der Waals surface area (Å²) in [5.41, 5.74) is 2.91. The van der Waals surface area contributed by atoms with Gasteiger partial charge in [-0.3, -0.25) is 0 Å². The van der Waals surface area contributed by atoms with Crippen LogP contribution in [-0.4, -0.2) is 55.6 Å². The van der Waals surface area contributed by atoms with Gasteiger partial charge in [0, 0.05) is 19.3 Å². The van der Waals surface area contributed by atoms with Crippen LogP contribution in [0.4, 0.5) is 10.1 Å². The van der Waals surface area contributed by atoms with Crippen LogP contribution in [0.5, 0.6) is 5.75 Å². The summed E-state index contributed by atoms with van der Waals surface area (Å²) >= 11 is 0. The number of hydrogen-bond acceptors (Lipinski definition) is 6. The lowest BCUT2D eigenvalue weighted by molar-refractivity contribution is -0.0270. The number of aryl methyl sites for hydroxylation is 2. The number of methoxy groups -OCH3 is 2. The zero-order valence-corrected chi connectivity index (χ0v) is 16.8. The van der Waals surface area contributed by atoms with Crippen LogP contribution in [0.3, 0.4) is 0 Å². The third-order valence-corrected chi connectivity index (χ3v) is 5.18. The molecule has 0 spiro atoms. The van der Waals surface area contributed by atoms with E-state index in [0.717, 1.165) is 22.6 Å². The second kappa shape index (κ2) is 8.75. The minimum Gasteiger partial charge on any atom is -0.496 e. The summed E-state index contributed by atoms with van der Waals surface area (Å²) in [6, 6.07) is 3.97. The summed E-state index contributed by atoms with van der Waals surface area (Å²) in [5, 5.41) is 13.7. The average molecular weight is 389 g/mol. The summed E-state index contributed by atoms with van der Waals surface area (Å²) < 4.78 is 24.0. The van der Waals surface area contributed by atoms with Gasteiger partial charge >= 0.3 is 0 Å². The van der Waals surface area contributed by atoms with E-state index in [2.05, 4.69) is 10.3 Å². The van der Waals surface area contributed by atoms with Gasteiger partial charge in [-0.1, -0.05) is 6.08 Å². The number of ether oxygens (including phenoxy) is 2. The standard InChI is InChI=1S/C21H28FN3O3/c1-13-10-18(27-3)14(2)9-17(13)23-21-24-20(26)19(28-4)12-25(21)11-15-5-7-16(22)8-6-15/h5,7-10,15,19-20,26H,6,11-12H2,1-4H3,(H,23,24). The van der Waals surface area contributed by atoms with Crippen molar-refractivity contribution in [3.05, 3.63) is 47.3 Å². The maximum atomic E-state index is 13.3. The van der Waals surface area contributed by atoms with Crippen molar-refractivity contribution in [1.82, 2.24) is 4.90 Å². The average Bonchev–Trinajstić information content (AvgIpc) is 2.68. The number of nitrogens with zero attached hydrogens (tertiary/aromatic N) is 2. The van der Waals surface area contributed by atoms with Gasteiger partial charge in [0.1, 0.15) is 17.7 Å². The van der Waals surface area contributed by atoms with Gasteiger partial charge in [-0.15, -0.1) is 0 Å². The van der Waals surface area contributed by atoms with Crippen molar-refractivity contribution in [2.75, 3.05) is 32.6 Å². The minimum absolute atomic E-state index is 0.165. The van der Waals surface area contributed by atoms with E-state index in [0.29, 0.717) is 25.5 Å². The Morgan fingerprint density at radius 3 is 2.71 bits per heavy atom. The van der Waals surface area contributed by atoms with Gasteiger partial charge < -0.3 is 24.8 Å². The number of halogens is 1. The molecule has 2 N–H and O–H groups in total. The summed E-state index contributed by atoms with van der Waals surface area (Å²) in [4.78, 5) is 6.47. The van der Waals surface area contributed by atoms with Crippen LogP contribution in [0.15, 0.2) is 41.2 Å². The third kappa shape index (κ3) is 4.54. The molecule has 0 aromatic heterocycles. The fraction of sp³-hybridized carbons (Fsp3) is 0.476. The Morgan fingerprint density at radius 2 is 2.07 bits per heavy atom. The van der Waals surface area contributed by atoms with Gasteiger partial charge in [0.2, 0.25) is 5.96 Å². The van der Waals surface area contributed by atoms with Crippen LogP contribution in [0.25, 0.3) is 0 Å². The third-order valence-electron chi connectivity index (χ3n) is 5.18. The molecule has 28 heavy (non-hydrogen) atoms. The van der Waals surface area contributed by atoms with Gasteiger partial charge in [-0.05, 0) is 61.6 Å². The van der Waals surface area contributed by atoms with Crippen LogP contribution in [0, 0.1) is 19.8 Å². The Kier molecular flexibility index (Phi) is 6.36. The maximum absolute atomic E-state index is 13.3. The summed E-state index contributed by atoms with van der Waals surface area (Å²) in [6.45, 7) is 5.11. The van der Waals surface area contributed by atoms with Crippen LogP contribution >= 0.6 is 0 Å². The molecule has 1 aliphatic heterocycles. The molecule has 152 valence electrons. The lowest BCUT2D eigenvalue weighted by atomic mass is 9.99. The molecule has 0 bridgehead atoms. The van der Waals surface area contributed by atoms with Crippen molar-refractivity contribution < 1.29 is 19.0 Å². The summed E-state index contributed by atoms with van der Waals surface area (Å²) in [5.74, 6) is 1.37. The van der Waals surface area contributed by atoms with Crippen molar-refractivity contribution >= 4 is 11.6 Å². The second-order valence-electron chi connectivity index (χ2n) is 7.25. The molecule has 0 fully saturated rings. The van der Waals surface area contributed by atoms with Crippen molar-refractivity contribution in [3.63, 3.8) is 0 Å². The second-order valence-corrected chi connectivity index (χ2v) is 7.25. The molecule has 6 nitrogen and oxygen atoms in total. The highest BCUT2D eigenvalue weighted by atomic mass is 19.1. The molecule has 3 atom stereocenters. The van der Waals surface area contributed by atoms with Gasteiger partial charge in [-0.25, -0.2) is 9.38 Å². The zero-order valence-electron chi connectivity index (χ0n) is 16.8. The molecular weight excluding hydrogens is 361 g/mol. The van der Waals surface area contributed by atoms with Gasteiger partial charge in [0.15, 0.2) is 6.23 Å². The molecule has 1 aliphatic carbocycles. The van der Waals surface area contributed by atoms with Gasteiger partial charge in [0.25, 0.3) is 0 Å². The normalized spacial score (nSPS) is 24.6. The van der Waals surface area contributed by atoms with E-state index in [9.17, 15) is 9.50 Å². The Bertz CT molecular complexity index is 806. The quantitative estimate of drug-likeness (QED) is 0.810. The van der Waals surface area contributed by atoms with Crippen LogP contribution in [0.2, 0.25) is 0 Å². The molecular formula is C21H28FN3O3. The maximum Gasteiger partial charge on any atom is 0.201 e. The number of guanidine groups is 1. The first-order valence-corrected chi connectivity index (χ1v) is 9.41. The monoisotopic (exact) mass is 389 g/mol. The fourth-order valence-electron chi connectivity index (χ4n) is 3.48. The predicted octanol–water partition coefficient (Wildman–Crippen LogP) is 3.16. The molecule has 0 saturated carbocycles. The molecule has 3 unspecified atom stereocenters. The summed E-state index contributed by atoms with van der Waals surface area (Å²) in [7, 11) is 3.22. The molecule has 1 aromatic carbocycles. The van der Waals surface area contributed by atoms with E-state index in [1.807, 2.05) is 37.0 Å². The van der Waals surface area contributed by atoms with E-state index in [-0.39, 0.29) is 11.7 Å². The van der Waals surface area contributed by atoms with Crippen LogP contribution in [0.1, 0.15) is 17.5 Å². The van der Waals surface area contributed by atoms with Crippen LogP contribution in [-0.2, 0) is 4.74 Å². The highest BCUT2D eigenvalue weighted by molar-refractivity contribution is 5.95. The van der Waals surface area contributed by atoms with E-state index in [4.69, 9.17) is 9.47 Å². The highest BCUT2D eigenvalue weighted by Crippen LogP contribution is 2.27. The molecule has 0 radical (unpaired) electrons. The van der Waals surface area contributed by atoms with Crippen LogP contribution < -0.4 is 10.1 Å². The van der Waals surface area contributed by atoms with E-state index >= 15 is 0 Å². The smallest absolute Gasteiger partial charge is 0.201 e. The van der Waals surface area contributed by atoms with Gasteiger partial charge in [-0.2, -0.15) is 0 Å². The number of allylic oxidation sites excluding steroid dienone is 3. The van der Waals surface area contributed by atoms with Gasteiger partial charge in [0.05, 0.1) is 13.7 Å². The Balaban J connectivity index is 1.83. The number of aliphatic hydroxyl groups is 1. The number of aliphatic hydroxyl groups excluding tert-OH is 1. The molecule has 2 aliphatic rings. The first-order valence-electron chi connectivity index (χ1n) is 9.41. The molecule has 3 rings (SSSR count). The fourth-order valence-corrected chi connectivity index (χ4v) is 3.48. The molecule has 0 saturated heterocycles. The Morgan fingerprint density at radius 1 is 1.29 bits per heavy atom. The van der Waals surface area contributed by atoms with E-state index in [1.165, 1.54) is 6.08 Å². The number of aliphatic imine (C=N–C) groups is 1. The predicted molar refractivity (Wildman–Crippen MR) is 108 cm³/mol. The van der Waals surface area contributed by atoms with E-state index < -0.39 is 12.3 Å². The molecule has 7 heteroatoms. The zero-order chi connectivity index (χ0) is 20.3. The minimum atomic E-state index is -0.942. The number of benzene rings is 1. The van der Waals surface area contributed by atoms with E-state index in [1.54, 1.807) is 20.3 Å². The Labute approximate surface area is 165 Å². The SMILES string of the molecule is COc1cc(C)c(NC2=NC(O)C(OC)CN2CC2C=CC(F)=CC2)cc1C. The van der Waals surface area contributed by atoms with Crippen molar-refractivity contribution in [1.29, 1.82) is 0 Å². The van der Waals surface area contributed by atoms with Crippen molar-refractivity contribution in [2.45, 2.75) is 32.6 Å². The number of nitrogens with one attached hydrogen (secondary N) is 1. The molecule has 0 amide bonds. The number of hydrogen-bond donors (Lipinski definition) is 2. The topological polar surface area (TPSA) is 66.3 Å². The number of anilines is 1. The first kappa shape index (κ1) is 20.4. The summed E-state index contributed by atoms with van der Waals surface area (Å²) in [6.07, 6.45) is 4.25. The Hall–Kier alpha value is -2.38. The largest absolute Gasteiger partial charge is 0.496 e.